The number of fused-ring (bicyclic) bond motifs is 15. The van der Waals surface area contributed by atoms with Gasteiger partial charge in [0, 0.05) is 38.4 Å². The molecule has 1 spiro atoms. The SMILES string of the molecule is c1ccc(-c2cc(-c3ccccc3)nc(-c3cccc4c3-c3cc(-c5cccc6c5c5ccccc5n6-c5ccccc5)ccc3C43c4ccccc4-n4c5ccccc5c5cccc3c54)c2)cc1. The van der Waals surface area contributed by atoms with E-state index in [-0.39, 0.29) is 0 Å². The molecule has 320 valence electrons. The van der Waals surface area contributed by atoms with E-state index in [1.807, 2.05) is 0 Å². The number of hydrogen-bond donors (Lipinski definition) is 0. The summed E-state index contributed by atoms with van der Waals surface area (Å²) in [6, 6.07) is 91.7. The van der Waals surface area contributed by atoms with E-state index in [2.05, 4.69) is 258 Å². The summed E-state index contributed by atoms with van der Waals surface area (Å²) in [7, 11) is 0. The third-order valence-corrected chi connectivity index (χ3v) is 15.1. The van der Waals surface area contributed by atoms with Crippen molar-refractivity contribution in [2.24, 2.45) is 0 Å². The van der Waals surface area contributed by atoms with Gasteiger partial charge in [0.2, 0.25) is 0 Å². The minimum atomic E-state index is -0.631. The summed E-state index contributed by atoms with van der Waals surface area (Å²) in [6.07, 6.45) is 0. The van der Waals surface area contributed by atoms with Gasteiger partial charge in [0.15, 0.2) is 0 Å². The topological polar surface area (TPSA) is 22.8 Å². The lowest BCUT2D eigenvalue weighted by Crippen LogP contribution is -2.33. The normalized spacial score (nSPS) is 14.4. The van der Waals surface area contributed by atoms with Crippen LogP contribution >= 0.6 is 0 Å². The molecule has 4 heterocycles. The number of hydrogen-bond acceptors (Lipinski definition) is 1. The second-order valence-electron chi connectivity index (χ2n) is 18.6. The summed E-state index contributed by atoms with van der Waals surface area (Å²) in [5.41, 5.74) is 23.0. The predicted octanol–water partition coefficient (Wildman–Crippen LogP) is 16.6. The molecule has 1 atom stereocenters. The Hall–Kier alpha value is -9.05. The number of benzene rings is 10. The Kier molecular flexibility index (Phi) is 7.99. The summed E-state index contributed by atoms with van der Waals surface area (Å²) in [5, 5.41) is 5.02. The molecule has 0 fully saturated rings. The number of nitrogens with zero attached hydrogens (tertiary/aromatic N) is 3. The van der Waals surface area contributed by atoms with Gasteiger partial charge in [-0.1, -0.05) is 194 Å². The van der Waals surface area contributed by atoms with Crippen LogP contribution in [0.25, 0.3) is 111 Å². The Morgan fingerprint density at radius 2 is 0.913 bits per heavy atom. The minimum Gasteiger partial charge on any atom is -0.309 e. The van der Waals surface area contributed by atoms with Crippen LogP contribution in [0.3, 0.4) is 0 Å². The average molecular weight is 876 g/mol. The molecule has 69 heavy (non-hydrogen) atoms. The molecule has 3 nitrogen and oxygen atoms in total. The first-order chi connectivity index (χ1) is 34.3. The summed E-state index contributed by atoms with van der Waals surface area (Å²) in [6.45, 7) is 0. The molecule has 2 aliphatic rings. The maximum Gasteiger partial charge on any atom is 0.0754 e. The van der Waals surface area contributed by atoms with Gasteiger partial charge in [0.25, 0.3) is 0 Å². The van der Waals surface area contributed by atoms with E-state index in [1.54, 1.807) is 0 Å². The Morgan fingerprint density at radius 3 is 1.74 bits per heavy atom. The van der Waals surface area contributed by atoms with Crippen LogP contribution in [0.1, 0.15) is 22.3 Å². The first kappa shape index (κ1) is 38.1. The van der Waals surface area contributed by atoms with Gasteiger partial charge in [0.1, 0.15) is 0 Å². The number of para-hydroxylation sites is 5. The molecule has 0 saturated heterocycles. The Bertz CT molecular complexity index is 4180. The van der Waals surface area contributed by atoms with Crippen LogP contribution in [0, 0.1) is 0 Å². The highest BCUT2D eigenvalue weighted by atomic mass is 15.0. The summed E-state index contributed by atoms with van der Waals surface area (Å²) in [4.78, 5) is 5.61. The second-order valence-corrected chi connectivity index (χ2v) is 18.6. The van der Waals surface area contributed by atoms with Gasteiger partial charge in [-0.3, -0.25) is 0 Å². The Balaban J connectivity index is 1.07. The fourth-order valence-corrected chi connectivity index (χ4v) is 12.4. The summed E-state index contributed by atoms with van der Waals surface area (Å²) < 4.78 is 4.94. The molecule has 1 aliphatic heterocycles. The quantitative estimate of drug-likeness (QED) is 0.169. The zero-order valence-electron chi connectivity index (χ0n) is 37.5. The van der Waals surface area contributed by atoms with Crippen molar-refractivity contribution in [2.45, 2.75) is 5.41 Å². The number of aromatic nitrogens is 3. The molecule has 1 aliphatic carbocycles. The largest absolute Gasteiger partial charge is 0.309 e. The van der Waals surface area contributed by atoms with E-state index in [4.69, 9.17) is 4.98 Å². The fraction of sp³-hybridized carbons (Fsp3) is 0.0152. The molecule has 0 amide bonds. The molecule has 3 heteroatoms. The van der Waals surface area contributed by atoms with Crippen LogP contribution in [0.5, 0.6) is 0 Å². The highest BCUT2D eigenvalue weighted by Crippen LogP contribution is 2.63. The lowest BCUT2D eigenvalue weighted by Gasteiger charge is -2.39. The second kappa shape index (κ2) is 14.5. The maximum atomic E-state index is 5.61. The van der Waals surface area contributed by atoms with Crippen LogP contribution < -0.4 is 0 Å². The molecule has 0 N–H and O–H groups in total. The highest BCUT2D eigenvalue weighted by Gasteiger charge is 2.51. The smallest absolute Gasteiger partial charge is 0.0754 e. The van der Waals surface area contributed by atoms with Crippen molar-refractivity contribution in [2.75, 3.05) is 0 Å². The van der Waals surface area contributed by atoms with Gasteiger partial charge >= 0.3 is 0 Å². The first-order valence-electron chi connectivity index (χ1n) is 23.9. The van der Waals surface area contributed by atoms with Crippen molar-refractivity contribution in [1.82, 2.24) is 14.1 Å². The van der Waals surface area contributed by atoms with E-state index in [0.717, 1.165) is 39.3 Å². The molecule has 0 bridgehead atoms. The van der Waals surface area contributed by atoms with Gasteiger partial charge < -0.3 is 9.13 Å². The van der Waals surface area contributed by atoms with Gasteiger partial charge in [-0.25, -0.2) is 4.98 Å². The molecule has 13 aromatic rings. The molecule has 15 rings (SSSR count). The summed E-state index contributed by atoms with van der Waals surface area (Å²) in [5.74, 6) is 0. The first-order valence-corrected chi connectivity index (χ1v) is 23.9. The molecule has 10 aromatic carbocycles. The maximum absolute atomic E-state index is 5.61. The highest BCUT2D eigenvalue weighted by molar-refractivity contribution is 6.17. The number of pyridine rings is 1. The number of rotatable bonds is 5. The lowest BCUT2D eigenvalue weighted by molar-refractivity contribution is 0.748. The molecule has 0 radical (unpaired) electrons. The van der Waals surface area contributed by atoms with Crippen molar-refractivity contribution in [1.29, 1.82) is 0 Å². The van der Waals surface area contributed by atoms with Crippen LogP contribution in [-0.4, -0.2) is 14.1 Å². The molecular formula is C66H41N3. The van der Waals surface area contributed by atoms with Crippen LogP contribution in [0.4, 0.5) is 0 Å². The third kappa shape index (κ3) is 5.24. The van der Waals surface area contributed by atoms with Crippen molar-refractivity contribution in [3.05, 3.63) is 271 Å². The van der Waals surface area contributed by atoms with Crippen LogP contribution in [0.2, 0.25) is 0 Å². The van der Waals surface area contributed by atoms with E-state index in [0.29, 0.717) is 0 Å². The zero-order valence-corrected chi connectivity index (χ0v) is 37.5. The van der Waals surface area contributed by atoms with Crippen molar-refractivity contribution < 1.29 is 0 Å². The van der Waals surface area contributed by atoms with Crippen LogP contribution in [0.15, 0.2) is 249 Å². The van der Waals surface area contributed by atoms with Crippen LogP contribution in [-0.2, 0) is 5.41 Å². The fourth-order valence-electron chi connectivity index (χ4n) is 12.4. The predicted molar refractivity (Wildman–Crippen MR) is 286 cm³/mol. The standard InChI is InChI=1S/C66H41N3/c1-4-19-42(20-5-1)45-40-57(43-21-6-2-7-22-43)67-58(41-45)50-29-17-31-55-63(50)52-39-44(47-27-18-36-62-64(47)51-26-11-14-34-60(51)68(62)46-23-8-3-9-24-46)37-38-53(52)66(55)54-30-12-15-35-61(54)69-59-33-13-10-25-48(59)49-28-16-32-56(66)65(49)69/h1-41H. The van der Waals surface area contributed by atoms with E-state index >= 15 is 0 Å². The van der Waals surface area contributed by atoms with Gasteiger partial charge in [-0.05, 0) is 110 Å². The van der Waals surface area contributed by atoms with E-state index in [1.165, 1.54) is 93.8 Å². The minimum absolute atomic E-state index is 0.631. The Labute approximate surface area is 399 Å². The summed E-state index contributed by atoms with van der Waals surface area (Å²) >= 11 is 0. The monoisotopic (exact) mass is 875 g/mol. The van der Waals surface area contributed by atoms with Gasteiger partial charge in [-0.15, -0.1) is 0 Å². The van der Waals surface area contributed by atoms with Crippen molar-refractivity contribution in [3.8, 4) is 67.3 Å². The Morgan fingerprint density at radius 1 is 0.319 bits per heavy atom. The third-order valence-electron chi connectivity index (χ3n) is 15.1. The molecular weight excluding hydrogens is 835 g/mol. The zero-order chi connectivity index (χ0) is 45.2. The molecule has 0 saturated carbocycles. The molecule has 3 aromatic heterocycles. The lowest BCUT2D eigenvalue weighted by atomic mass is 9.65. The van der Waals surface area contributed by atoms with Crippen molar-refractivity contribution >= 4 is 43.6 Å². The van der Waals surface area contributed by atoms with Gasteiger partial charge in [-0.2, -0.15) is 0 Å². The van der Waals surface area contributed by atoms with E-state index in [9.17, 15) is 0 Å². The molecule has 1 unspecified atom stereocenters. The van der Waals surface area contributed by atoms with Gasteiger partial charge in [0.05, 0.1) is 44.6 Å². The van der Waals surface area contributed by atoms with E-state index < -0.39 is 5.41 Å². The average Bonchev–Trinajstić information content (AvgIpc) is 4.06. The van der Waals surface area contributed by atoms with Crippen molar-refractivity contribution in [3.63, 3.8) is 0 Å².